The van der Waals surface area contributed by atoms with Gasteiger partial charge in [-0.05, 0) is 35.4 Å². The second-order valence-electron chi connectivity index (χ2n) is 7.76. The Morgan fingerprint density at radius 2 is 1.62 bits per heavy atom. The minimum Gasteiger partial charge on any atom is -0.370 e. The summed E-state index contributed by atoms with van der Waals surface area (Å²) >= 11 is 5.99. The minimum absolute atomic E-state index is 0.0190. The Hall–Kier alpha value is -3.15. The molecule has 2 amide bonds. The monoisotopic (exact) mass is 448 g/mol. The molecule has 1 N–H and O–H groups in total. The van der Waals surface area contributed by atoms with Gasteiger partial charge in [0.2, 0.25) is 5.91 Å². The van der Waals surface area contributed by atoms with Crippen LogP contribution in [-0.2, 0) is 9.53 Å². The molecule has 0 bridgehead atoms. The topological polar surface area (TPSA) is 58.6 Å². The highest BCUT2D eigenvalue weighted by atomic mass is 35.5. The number of hydrogen-bond acceptors (Lipinski definition) is 3. The Morgan fingerprint density at radius 3 is 2.31 bits per heavy atom. The fourth-order valence-corrected chi connectivity index (χ4v) is 3.95. The van der Waals surface area contributed by atoms with E-state index in [4.69, 9.17) is 16.3 Å². The van der Waals surface area contributed by atoms with Crippen LogP contribution in [-0.4, -0.2) is 36.4 Å². The molecule has 5 nitrogen and oxygen atoms in total. The fourth-order valence-electron chi connectivity index (χ4n) is 3.83. The third-order valence-electron chi connectivity index (χ3n) is 5.58. The zero-order chi connectivity index (χ0) is 22.3. The number of amides is 2. The number of carbonyl (C=O) groups excluding carboxylic acids is 2. The first-order valence-corrected chi connectivity index (χ1v) is 11.0. The van der Waals surface area contributed by atoms with Gasteiger partial charge in [-0.25, -0.2) is 0 Å². The van der Waals surface area contributed by atoms with Crippen molar-refractivity contribution in [2.24, 2.45) is 0 Å². The maximum atomic E-state index is 13.2. The van der Waals surface area contributed by atoms with Gasteiger partial charge in [0.15, 0.2) is 0 Å². The zero-order valence-corrected chi connectivity index (χ0v) is 18.4. The van der Waals surface area contributed by atoms with E-state index in [1.54, 1.807) is 12.1 Å². The number of carbonyl (C=O) groups is 2. The standard InChI is InChI=1S/C26H25ClN2O3/c27-22-13-11-20(12-14-22)24-18-29(15-16-32-24)25(30)17-23(19-7-3-1-4-8-19)28-26(31)21-9-5-2-6-10-21/h1-14,23-24H,15-18H2,(H,28,31). The lowest BCUT2D eigenvalue weighted by Crippen LogP contribution is -2.44. The van der Waals surface area contributed by atoms with Gasteiger partial charge in [0.25, 0.3) is 5.91 Å². The van der Waals surface area contributed by atoms with Crippen LogP contribution in [0.1, 0.15) is 40.1 Å². The summed E-state index contributed by atoms with van der Waals surface area (Å²) in [6.07, 6.45) is -0.0188. The van der Waals surface area contributed by atoms with Crippen molar-refractivity contribution in [1.29, 1.82) is 0 Å². The molecule has 1 aliphatic heterocycles. The normalized spacial score (nSPS) is 16.9. The number of halogens is 1. The molecule has 1 fully saturated rings. The van der Waals surface area contributed by atoms with E-state index in [1.807, 2.05) is 77.7 Å². The number of benzene rings is 3. The van der Waals surface area contributed by atoms with Gasteiger partial charge in [-0.15, -0.1) is 0 Å². The van der Waals surface area contributed by atoms with Crippen molar-refractivity contribution in [3.05, 3.63) is 107 Å². The molecule has 0 spiro atoms. The van der Waals surface area contributed by atoms with Crippen LogP contribution in [0.4, 0.5) is 0 Å². The first kappa shape index (κ1) is 22.1. The Labute approximate surface area is 193 Å². The summed E-state index contributed by atoms with van der Waals surface area (Å²) in [5.74, 6) is -0.220. The number of ether oxygens (including phenoxy) is 1. The van der Waals surface area contributed by atoms with Gasteiger partial charge in [0.05, 0.1) is 25.6 Å². The molecule has 164 valence electrons. The van der Waals surface area contributed by atoms with Crippen molar-refractivity contribution in [2.45, 2.75) is 18.6 Å². The fraction of sp³-hybridized carbons (Fsp3) is 0.231. The highest BCUT2D eigenvalue weighted by Crippen LogP contribution is 2.26. The molecule has 1 heterocycles. The number of nitrogens with zero attached hydrogens (tertiary/aromatic N) is 1. The SMILES string of the molecule is O=C(NC(CC(=O)N1CCOC(c2ccc(Cl)cc2)C1)c1ccccc1)c1ccccc1. The van der Waals surface area contributed by atoms with E-state index >= 15 is 0 Å². The van der Waals surface area contributed by atoms with Crippen molar-refractivity contribution in [1.82, 2.24) is 10.2 Å². The maximum absolute atomic E-state index is 13.2. The van der Waals surface area contributed by atoms with Crippen LogP contribution in [0.25, 0.3) is 0 Å². The molecular weight excluding hydrogens is 424 g/mol. The summed E-state index contributed by atoms with van der Waals surface area (Å²) in [5, 5.41) is 3.70. The lowest BCUT2D eigenvalue weighted by Gasteiger charge is -2.34. The smallest absolute Gasteiger partial charge is 0.251 e. The van der Waals surface area contributed by atoms with Gasteiger partial charge in [-0.1, -0.05) is 72.3 Å². The average Bonchev–Trinajstić information content (AvgIpc) is 2.85. The van der Waals surface area contributed by atoms with Crippen LogP contribution in [0.3, 0.4) is 0 Å². The van der Waals surface area contributed by atoms with Crippen LogP contribution in [0.5, 0.6) is 0 Å². The molecule has 1 saturated heterocycles. The van der Waals surface area contributed by atoms with Crippen molar-refractivity contribution in [2.75, 3.05) is 19.7 Å². The summed E-state index contributed by atoms with van der Waals surface area (Å²) in [6, 6.07) is 25.7. The van der Waals surface area contributed by atoms with E-state index in [1.165, 1.54) is 0 Å². The number of hydrogen-bond donors (Lipinski definition) is 1. The molecule has 3 aromatic rings. The molecule has 3 aromatic carbocycles. The molecule has 0 aromatic heterocycles. The van der Waals surface area contributed by atoms with Crippen LogP contribution >= 0.6 is 11.6 Å². The van der Waals surface area contributed by atoms with Gasteiger partial charge in [-0.2, -0.15) is 0 Å². The molecule has 0 radical (unpaired) electrons. The third kappa shape index (κ3) is 5.55. The quantitative estimate of drug-likeness (QED) is 0.589. The van der Waals surface area contributed by atoms with E-state index < -0.39 is 6.04 Å². The van der Waals surface area contributed by atoms with E-state index in [-0.39, 0.29) is 24.3 Å². The highest BCUT2D eigenvalue weighted by molar-refractivity contribution is 6.30. The molecule has 0 aliphatic carbocycles. The Kier molecular flexibility index (Phi) is 7.20. The van der Waals surface area contributed by atoms with E-state index in [0.717, 1.165) is 11.1 Å². The summed E-state index contributed by atoms with van der Waals surface area (Å²) in [6.45, 7) is 1.46. The summed E-state index contributed by atoms with van der Waals surface area (Å²) in [4.78, 5) is 27.8. The van der Waals surface area contributed by atoms with E-state index in [0.29, 0.717) is 30.3 Å². The molecule has 1 aliphatic rings. The molecule has 2 atom stereocenters. The van der Waals surface area contributed by atoms with Crippen molar-refractivity contribution >= 4 is 23.4 Å². The predicted octanol–water partition coefficient (Wildman–Crippen LogP) is 4.80. The molecule has 32 heavy (non-hydrogen) atoms. The molecular formula is C26H25ClN2O3. The van der Waals surface area contributed by atoms with E-state index in [2.05, 4.69) is 5.32 Å². The van der Waals surface area contributed by atoms with Crippen molar-refractivity contribution < 1.29 is 14.3 Å². The third-order valence-corrected chi connectivity index (χ3v) is 5.83. The van der Waals surface area contributed by atoms with Gasteiger partial charge in [-0.3, -0.25) is 9.59 Å². The van der Waals surface area contributed by atoms with Crippen molar-refractivity contribution in [3.8, 4) is 0 Å². The predicted molar refractivity (Wildman–Crippen MR) is 124 cm³/mol. The zero-order valence-electron chi connectivity index (χ0n) is 17.6. The Morgan fingerprint density at radius 1 is 0.969 bits per heavy atom. The molecule has 4 rings (SSSR count). The summed E-state index contributed by atoms with van der Waals surface area (Å²) in [7, 11) is 0. The van der Waals surface area contributed by atoms with Crippen LogP contribution in [0, 0.1) is 0 Å². The lowest BCUT2D eigenvalue weighted by atomic mass is 10.0. The van der Waals surface area contributed by atoms with Crippen LogP contribution in [0.15, 0.2) is 84.9 Å². The van der Waals surface area contributed by atoms with E-state index in [9.17, 15) is 9.59 Å². The minimum atomic E-state index is -0.423. The molecule has 0 saturated carbocycles. The molecule has 6 heteroatoms. The number of morpholine rings is 1. The highest BCUT2D eigenvalue weighted by Gasteiger charge is 2.28. The number of rotatable bonds is 6. The Balaban J connectivity index is 1.47. The van der Waals surface area contributed by atoms with Gasteiger partial charge < -0.3 is 15.0 Å². The summed E-state index contributed by atoms with van der Waals surface area (Å²) < 4.78 is 5.89. The lowest BCUT2D eigenvalue weighted by molar-refractivity contribution is -0.139. The van der Waals surface area contributed by atoms with Crippen LogP contribution < -0.4 is 5.32 Å². The average molecular weight is 449 g/mol. The van der Waals surface area contributed by atoms with Crippen molar-refractivity contribution in [3.63, 3.8) is 0 Å². The first-order chi connectivity index (χ1) is 15.6. The van der Waals surface area contributed by atoms with Crippen LogP contribution in [0.2, 0.25) is 5.02 Å². The second-order valence-corrected chi connectivity index (χ2v) is 8.19. The largest absolute Gasteiger partial charge is 0.370 e. The number of nitrogens with one attached hydrogen (secondary N) is 1. The Bertz CT molecular complexity index is 1040. The first-order valence-electron chi connectivity index (χ1n) is 10.7. The molecule has 2 unspecified atom stereocenters. The maximum Gasteiger partial charge on any atom is 0.251 e. The summed E-state index contributed by atoms with van der Waals surface area (Å²) in [5.41, 5.74) is 2.45. The second kappa shape index (κ2) is 10.4. The van der Waals surface area contributed by atoms with Gasteiger partial charge in [0, 0.05) is 17.1 Å². The van der Waals surface area contributed by atoms with Gasteiger partial charge in [0.1, 0.15) is 6.10 Å². The van der Waals surface area contributed by atoms with Gasteiger partial charge >= 0.3 is 0 Å².